The molecule has 8 nitrogen and oxygen atoms in total. The van der Waals surface area contributed by atoms with Crippen molar-refractivity contribution in [1.29, 1.82) is 0 Å². The second-order valence-electron chi connectivity index (χ2n) is 7.43. The fraction of sp³-hybridized carbons (Fsp3) is 0.667. The lowest BCUT2D eigenvalue weighted by Gasteiger charge is -2.16. The first-order valence-corrected chi connectivity index (χ1v) is 12.1. The number of halogens is 1. The zero-order valence-electron chi connectivity index (χ0n) is 18.5. The molecule has 1 fully saturated rings. The summed E-state index contributed by atoms with van der Waals surface area (Å²) >= 11 is 1.69. The number of nitrogens with zero attached hydrogens (tertiary/aromatic N) is 4. The highest BCUT2D eigenvalue weighted by Crippen LogP contribution is 2.33. The van der Waals surface area contributed by atoms with Gasteiger partial charge in [0.25, 0.3) is 0 Å². The van der Waals surface area contributed by atoms with Crippen molar-refractivity contribution in [3.05, 3.63) is 30.0 Å². The third-order valence-electron chi connectivity index (χ3n) is 5.28. The molecule has 2 aromatic heterocycles. The van der Waals surface area contributed by atoms with Gasteiger partial charge in [-0.3, -0.25) is 4.99 Å². The number of furan rings is 1. The smallest absolute Gasteiger partial charge is 0.191 e. The summed E-state index contributed by atoms with van der Waals surface area (Å²) < 4.78 is 13.2. The van der Waals surface area contributed by atoms with Gasteiger partial charge in [0.1, 0.15) is 18.2 Å². The van der Waals surface area contributed by atoms with Crippen LogP contribution in [0, 0.1) is 0 Å². The Kier molecular flexibility index (Phi) is 12.3. The fourth-order valence-electron chi connectivity index (χ4n) is 3.77. The molecule has 1 saturated carbocycles. The molecule has 0 amide bonds. The zero-order valence-corrected chi connectivity index (χ0v) is 21.7. The quantitative estimate of drug-likeness (QED) is 0.133. The maximum Gasteiger partial charge on any atom is 0.191 e. The molecule has 0 aliphatic heterocycles. The highest BCUT2D eigenvalue weighted by molar-refractivity contribution is 14.0. The minimum absolute atomic E-state index is 0. The van der Waals surface area contributed by atoms with Crippen LogP contribution in [0.5, 0.6) is 0 Å². The number of aromatic nitrogens is 3. The number of hydrogen-bond acceptors (Lipinski definition) is 6. The van der Waals surface area contributed by atoms with E-state index in [1.165, 1.54) is 25.7 Å². The van der Waals surface area contributed by atoms with Crippen molar-refractivity contribution in [2.24, 2.45) is 4.99 Å². The van der Waals surface area contributed by atoms with Crippen LogP contribution in [-0.2, 0) is 17.8 Å². The fourth-order valence-corrected chi connectivity index (χ4v) is 4.34. The normalized spacial score (nSPS) is 14.6. The van der Waals surface area contributed by atoms with E-state index in [1.54, 1.807) is 25.1 Å². The molecular weight excluding hydrogens is 527 g/mol. The molecule has 0 atom stereocenters. The summed E-state index contributed by atoms with van der Waals surface area (Å²) in [5.74, 6) is 2.79. The Balaban J connectivity index is 0.00000341. The molecule has 3 rings (SSSR count). The summed E-state index contributed by atoms with van der Waals surface area (Å²) in [6, 6.07) is 4.37. The van der Waals surface area contributed by atoms with Crippen molar-refractivity contribution >= 4 is 41.7 Å². The first kappa shape index (κ1) is 26.0. The average molecular weight is 563 g/mol. The predicted molar refractivity (Wildman–Crippen MR) is 135 cm³/mol. The third-order valence-corrected chi connectivity index (χ3v) is 5.93. The molecule has 0 aromatic carbocycles. The number of hydrogen-bond donors (Lipinski definition) is 2. The zero-order chi connectivity index (χ0) is 21.0. The van der Waals surface area contributed by atoms with E-state index < -0.39 is 0 Å². The predicted octanol–water partition coefficient (Wildman–Crippen LogP) is 4.03. The van der Waals surface area contributed by atoms with E-state index in [9.17, 15) is 0 Å². The summed E-state index contributed by atoms with van der Waals surface area (Å²) in [6.07, 6.45) is 11.7. The maximum atomic E-state index is 5.59. The highest BCUT2D eigenvalue weighted by atomic mass is 127. The van der Waals surface area contributed by atoms with Crippen LogP contribution >= 0.6 is 35.7 Å². The topological polar surface area (TPSA) is 89.5 Å². The van der Waals surface area contributed by atoms with Gasteiger partial charge in [-0.2, -0.15) is 0 Å². The molecule has 2 heterocycles. The molecule has 10 heteroatoms. The molecule has 0 spiro atoms. The molecule has 1 aliphatic rings. The molecule has 2 aromatic rings. The van der Waals surface area contributed by atoms with Gasteiger partial charge in [0.15, 0.2) is 11.1 Å². The van der Waals surface area contributed by atoms with Crippen LogP contribution < -0.4 is 10.6 Å². The molecule has 0 saturated heterocycles. The Morgan fingerprint density at radius 2 is 2.03 bits per heavy atom. The van der Waals surface area contributed by atoms with Gasteiger partial charge in [-0.05, 0) is 44.1 Å². The van der Waals surface area contributed by atoms with Gasteiger partial charge in [-0.1, -0.05) is 24.6 Å². The van der Waals surface area contributed by atoms with Crippen molar-refractivity contribution in [1.82, 2.24) is 25.4 Å². The van der Waals surface area contributed by atoms with Gasteiger partial charge in [0, 0.05) is 39.2 Å². The van der Waals surface area contributed by atoms with Crippen molar-refractivity contribution in [2.75, 3.05) is 33.0 Å². The van der Waals surface area contributed by atoms with E-state index in [0.29, 0.717) is 19.3 Å². The number of aliphatic imine (C=N–C) groups is 1. The number of ether oxygens (including phenoxy) is 1. The maximum absolute atomic E-state index is 5.59. The minimum Gasteiger partial charge on any atom is -0.467 e. The lowest BCUT2D eigenvalue weighted by molar-refractivity contribution is 0.105. The summed E-state index contributed by atoms with van der Waals surface area (Å²) in [4.78, 5) is 4.29. The van der Waals surface area contributed by atoms with Gasteiger partial charge in [-0.25, -0.2) is 0 Å². The SMILES string of the molecule is CN=C(NCCCOCc1ccco1)NCCCc1nnc(SC)n1C1CCCC1.I. The Morgan fingerprint density at radius 1 is 1.26 bits per heavy atom. The average Bonchev–Trinajstić information content (AvgIpc) is 3.53. The monoisotopic (exact) mass is 562 g/mol. The van der Waals surface area contributed by atoms with Crippen molar-refractivity contribution in [3.8, 4) is 0 Å². The van der Waals surface area contributed by atoms with Crippen LogP contribution in [-0.4, -0.2) is 53.7 Å². The van der Waals surface area contributed by atoms with Crippen LogP contribution in [0.2, 0.25) is 0 Å². The Bertz CT molecular complexity index is 762. The van der Waals surface area contributed by atoms with Gasteiger partial charge < -0.3 is 24.4 Å². The lowest BCUT2D eigenvalue weighted by atomic mass is 10.2. The van der Waals surface area contributed by atoms with E-state index in [4.69, 9.17) is 9.15 Å². The van der Waals surface area contributed by atoms with Gasteiger partial charge in [-0.15, -0.1) is 34.2 Å². The molecule has 0 bridgehead atoms. The van der Waals surface area contributed by atoms with Crippen molar-refractivity contribution < 1.29 is 9.15 Å². The number of thioether (sulfide) groups is 1. The first-order chi connectivity index (χ1) is 14.8. The number of rotatable bonds is 12. The second kappa shape index (κ2) is 14.7. The van der Waals surface area contributed by atoms with Gasteiger partial charge in [0.2, 0.25) is 0 Å². The molecule has 0 unspecified atom stereocenters. The Morgan fingerprint density at radius 3 is 2.71 bits per heavy atom. The number of aryl methyl sites for hydroxylation is 1. The van der Waals surface area contributed by atoms with Crippen LogP contribution in [0.25, 0.3) is 0 Å². The molecule has 174 valence electrons. The van der Waals surface area contributed by atoms with Crippen LogP contribution in [0.15, 0.2) is 33.0 Å². The number of nitrogens with one attached hydrogen (secondary N) is 2. The van der Waals surface area contributed by atoms with E-state index in [1.807, 2.05) is 12.1 Å². The first-order valence-electron chi connectivity index (χ1n) is 10.8. The van der Waals surface area contributed by atoms with Crippen LogP contribution in [0.1, 0.15) is 56.2 Å². The second-order valence-corrected chi connectivity index (χ2v) is 8.20. The summed E-state index contributed by atoms with van der Waals surface area (Å²) in [6.45, 7) is 2.86. The van der Waals surface area contributed by atoms with E-state index in [-0.39, 0.29) is 24.0 Å². The molecule has 0 radical (unpaired) electrons. The standard InChI is InChI=1S/C21H34N6O2S.HI/c1-22-20(24-13-7-14-28-16-18-10-6-15-29-18)23-12-5-11-19-25-26-21(30-2)27(19)17-8-3-4-9-17;/h6,10,15,17H,3-5,7-9,11-14,16H2,1-2H3,(H2,22,23,24);1H. The van der Waals surface area contributed by atoms with Crippen LogP contribution in [0.3, 0.4) is 0 Å². The minimum atomic E-state index is 0. The number of guanidine groups is 1. The lowest BCUT2D eigenvalue weighted by Crippen LogP contribution is -2.38. The molecule has 31 heavy (non-hydrogen) atoms. The summed E-state index contributed by atoms with van der Waals surface area (Å²) in [5, 5.41) is 16.6. The van der Waals surface area contributed by atoms with Crippen molar-refractivity contribution in [3.63, 3.8) is 0 Å². The van der Waals surface area contributed by atoms with E-state index in [0.717, 1.165) is 55.1 Å². The highest BCUT2D eigenvalue weighted by Gasteiger charge is 2.23. The van der Waals surface area contributed by atoms with Gasteiger partial charge in [0.05, 0.1) is 6.26 Å². The van der Waals surface area contributed by atoms with Crippen molar-refractivity contribution in [2.45, 2.75) is 62.8 Å². The summed E-state index contributed by atoms with van der Waals surface area (Å²) in [5.41, 5.74) is 0. The van der Waals surface area contributed by atoms with Gasteiger partial charge >= 0.3 is 0 Å². The van der Waals surface area contributed by atoms with E-state index >= 15 is 0 Å². The van der Waals surface area contributed by atoms with E-state index in [2.05, 4.69) is 36.6 Å². The molecular formula is C21H35IN6O2S. The summed E-state index contributed by atoms with van der Waals surface area (Å²) in [7, 11) is 1.80. The Labute approximate surface area is 206 Å². The third kappa shape index (κ3) is 8.30. The van der Waals surface area contributed by atoms with Crippen LogP contribution in [0.4, 0.5) is 0 Å². The molecule has 1 aliphatic carbocycles. The largest absolute Gasteiger partial charge is 0.467 e. The Hall–Kier alpha value is -1.27. The molecule has 2 N–H and O–H groups in total.